The first-order chi connectivity index (χ1) is 17.2. The maximum absolute atomic E-state index is 14.8. The standard InChI is InChI=1S/C28H41FN2O6/c1-16(27(2,3)4)30-24(32)18-8-7-9-21(18)31-25(33)19-14-23(20(29)15-22(19)36-6)37-17-10-12-28(5,13-11-17)26(34)35/h14-18,21H,7-13H2,1-6H3,(H,30,32)(H,31,33)(H,34,35)/t16-,17-,18-,21+,28+/m0/s1. The Bertz CT molecular complexity index is 1010. The summed E-state index contributed by atoms with van der Waals surface area (Å²) in [6.45, 7) is 9.86. The third kappa shape index (κ3) is 6.73. The predicted molar refractivity (Wildman–Crippen MR) is 137 cm³/mol. The van der Waals surface area contributed by atoms with Crippen LogP contribution in [-0.4, -0.2) is 48.2 Å². The van der Waals surface area contributed by atoms with Crippen molar-refractivity contribution in [1.29, 1.82) is 0 Å². The Morgan fingerprint density at radius 1 is 1.11 bits per heavy atom. The molecule has 0 spiro atoms. The number of halogens is 1. The van der Waals surface area contributed by atoms with Crippen LogP contribution in [0.1, 0.15) is 89.9 Å². The molecule has 1 aromatic carbocycles. The van der Waals surface area contributed by atoms with Gasteiger partial charge in [-0.25, -0.2) is 4.39 Å². The van der Waals surface area contributed by atoms with Gasteiger partial charge in [0, 0.05) is 18.2 Å². The van der Waals surface area contributed by atoms with Crippen LogP contribution in [0.15, 0.2) is 12.1 Å². The van der Waals surface area contributed by atoms with E-state index in [1.165, 1.54) is 13.2 Å². The molecular formula is C28H41FN2O6. The zero-order valence-electron chi connectivity index (χ0n) is 22.8. The summed E-state index contributed by atoms with van der Waals surface area (Å²) in [7, 11) is 1.36. The van der Waals surface area contributed by atoms with Crippen molar-refractivity contribution in [3.05, 3.63) is 23.5 Å². The molecular weight excluding hydrogens is 479 g/mol. The topological polar surface area (TPSA) is 114 Å². The number of carbonyl (C=O) groups is 3. The fourth-order valence-electron chi connectivity index (χ4n) is 4.94. The van der Waals surface area contributed by atoms with Gasteiger partial charge in [-0.1, -0.05) is 27.2 Å². The molecule has 3 atom stereocenters. The molecule has 0 radical (unpaired) electrons. The minimum absolute atomic E-state index is 0.0259. The number of aliphatic carboxylic acids is 1. The summed E-state index contributed by atoms with van der Waals surface area (Å²) >= 11 is 0. The van der Waals surface area contributed by atoms with Gasteiger partial charge in [-0.3, -0.25) is 14.4 Å². The molecule has 3 rings (SSSR count). The van der Waals surface area contributed by atoms with Crippen LogP contribution >= 0.6 is 0 Å². The van der Waals surface area contributed by atoms with Gasteiger partial charge >= 0.3 is 5.97 Å². The van der Waals surface area contributed by atoms with Gasteiger partial charge in [-0.05, 0) is 63.9 Å². The maximum Gasteiger partial charge on any atom is 0.309 e. The van der Waals surface area contributed by atoms with Gasteiger partial charge in [0.25, 0.3) is 5.91 Å². The van der Waals surface area contributed by atoms with Crippen molar-refractivity contribution < 1.29 is 33.4 Å². The predicted octanol–water partition coefficient (Wildman–Crippen LogP) is 4.70. The van der Waals surface area contributed by atoms with Crippen LogP contribution in [0.4, 0.5) is 4.39 Å². The molecule has 0 bridgehead atoms. The minimum Gasteiger partial charge on any atom is -0.496 e. The highest BCUT2D eigenvalue weighted by Gasteiger charge is 2.39. The molecule has 2 aliphatic rings. The Hall–Kier alpha value is -2.84. The summed E-state index contributed by atoms with van der Waals surface area (Å²) in [6.07, 6.45) is 3.62. The van der Waals surface area contributed by atoms with Crippen molar-refractivity contribution in [2.24, 2.45) is 16.7 Å². The monoisotopic (exact) mass is 520 g/mol. The van der Waals surface area contributed by atoms with E-state index in [1.54, 1.807) is 6.92 Å². The van der Waals surface area contributed by atoms with E-state index >= 15 is 0 Å². The molecule has 2 saturated carbocycles. The third-order valence-electron chi connectivity index (χ3n) is 8.17. The summed E-state index contributed by atoms with van der Waals surface area (Å²) in [5, 5.41) is 15.5. The number of rotatable bonds is 8. The molecule has 1 aromatic rings. The van der Waals surface area contributed by atoms with Crippen molar-refractivity contribution in [2.45, 2.75) is 97.8 Å². The van der Waals surface area contributed by atoms with Gasteiger partial charge in [-0.2, -0.15) is 0 Å². The smallest absolute Gasteiger partial charge is 0.309 e. The van der Waals surface area contributed by atoms with Crippen LogP contribution in [0.5, 0.6) is 11.5 Å². The maximum atomic E-state index is 14.8. The first kappa shape index (κ1) is 28.7. The van der Waals surface area contributed by atoms with E-state index in [2.05, 4.69) is 31.4 Å². The summed E-state index contributed by atoms with van der Waals surface area (Å²) in [6, 6.07) is 2.09. The van der Waals surface area contributed by atoms with Crippen LogP contribution < -0.4 is 20.1 Å². The Labute approximate surface area is 218 Å². The fraction of sp³-hybridized carbons (Fsp3) is 0.679. The molecule has 9 heteroatoms. The van der Waals surface area contributed by atoms with Crippen molar-refractivity contribution in [3.8, 4) is 11.5 Å². The lowest BCUT2D eigenvalue weighted by Crippen LogP contribution is -2.49. The van der Waals surface area contributed by atoms with E-state index in [1.807, 2.05) is 6.92 Å². The number of ether oxygens (including phenoxy) is 2. The number of benzene rings is 1. The molecule has 8 nitrogen and oxygen atoms in total. The average molecular weight is 521 g/mol. The van der Waals surface area contributed by atoms with Crippen molar-refractivity contribution in [2.75, 3.05) is 7.11 Å². The quantitative estimate of drug-likeness (QED) is 0.458. The van der Waals surface area contributed by atoms with E-state index < -0.39 is 23.1 Å². The second-order valence-electron chi connectivity index (χ2n) is 11.9. The van der Waals surface area contributed by atoms with Crippen LogP contribution in [0, 0.1) is 22.6 Å². The molecule has 0 heterocycles. The molecule has 2 amide bonds. The number of carboxylic acids is 1. The van der Waals surface area contributed by atoms with Gasteiger partial charge < -0.3 is 25.2 Å². The number of methoxy groups -OCH3 is 1. The fourth-order valence-corrected chi connectivity index (χ4v) is 4.94. The molecule has 2 aliphatic carbocycles. The van der Waals surface area contributed by atoms with Crippen molar-refractivity contribution in [3.63, 3.8) is 0 Å². The number of carbonyl (C=O) groups excluding carboxylic acids is 2. The van der Waals surface area contributed by atoms with Crippen LogP contribution in [0.25, 0.3) is 0 Å². The van der Waals surface area contributed by atoms with E-state index in [0.717, 1.165) is 12.5 Å². The molecule has 0 aliphatic heterocycles. The number of nitrogens with one attached hydrogen (secondary N) is 2. The van der Waals surface area contributed by atoms with Gasteiger partial charge in [0.1, 0.15) is 5.75 Å². The molecule has 206 valence electrons. The molecule has 2 fully saturated rings. The second-order valence-corrected chi connectivity index (χ2v) is 11.9. The molecule has 0 saturated heterocycles. The number of hydrogen-bond acceptors (Lipinski definition) is 5. The Balaban J connectivity index is 1.71. The zero-order chi connectivity index (χ0) is 27.5. The van der Waals surface area contributed by atoms with Gasteiger partial charge in [-0.15, -0.1) is 0 Å². The highest BCUT2D eigenvalue weighted by molar-refractivity contribution is 5.98. The van der Waals surface area contributed by atoms with E-state index in [0.29, 0.717) is 38.5 Å². The summed E-state index contributed by atoms with van der Waals surface area (Å²) in [5.74, 6) is -2.38. The van der Waals surface area contributed by atoms with E-state index in [-0.39, 0.29) is 52.5 Å². The molecule has 3 N–H and O–H groups in total. The van der Waals surface area contributed by atoms with Gasteiger partial charge in [0.05, 0.1) is 30.1 Å². The Morgan fingerprint density at radius 3 is 2.32 bits per heavy atom. The number of carboxylic acid groups (broad SMARTS) is 1. The lowest BCUT2D eigenvalue weighted by Gasteiger charge is -2.34. The minimum atomic E-state index is -0.840. The molecule has 0 aromatic heterocycles. The summed E-state index contributed by atoms with van der Waals surface area (Å²) < 4.78 is 26.0. The van der Waals surface area contributed by atoms with E-state index in [9.17, 15) is 23.9 Å². The number of amides is 2. The van der Waals surface area contributed by atoms with Crippen LogP contribution in [0.2, 0.25) is 0 Å². The summed E-state index contributed by atoms with van der Waals surface area (Å²) in [4.78, 5) is 37.8. The second kappa shape index (κ2) is 11.3. The Kier molecular flexibility index (Phi) is 8.75. The highest BCUT2D eigenvalue weighted by atomic mass is 19.1. The van der Waals surface area contributed by atoms with Gasteiger partial charge in [0.2, 0.25) is 5.91 Å². The first-order valence-corrected chi connectivity index (χ1v) is 13.1. The Morgan fingerprint density at radius 2 is 1.76 bits per heavy atom. The molecule has 37 heavy (non-hydrogen) atoms. The lowest BCUT2D eigenvalue weighted by molar-refractivity contribution is -0.150. The van der Waals surface area contributed by atoms with Gasteiger partial charge in [0.15, 0.2) is 11.6 Å². The van der Waals surface area contributed by atoms with E-state index in [4.69, 9.17) is 9.47 Å². The lowest BCUT2D eigenvalue weighted by atomic mass is 9.75. The average Bonchev–Trinajstić information content (AvgIpc) is 3.28. The van der Waals surface area contributed by atoms with Crippen molar-refractivity contribution in [1.82, 2.24) is 10.6 Å². The summed E-state index contributed by atoms with van der Waals surface area (Å²) in [5.41, 5.74) is -0.771. The van der Waals surface area contributed by atoms with Crippen molar-refractivity contribution >= 4 is 17.8 Å². The molecule has 0 unspecified atom stereocenters. The van der Waals surface area contributed by atoms with Crippen LogP contribution in [-0.2, 0) is 9.59 Å². The highest BCUT2D eigenvalue weighted by Crippen LogP contribution is 2.39. The first-order valence-electron chi connectivity index (χ1n) is 13.1. The SMILES string of the molecule is COc1cc(F)c(O[C@H]2CC[C@@](C)(C(=O)O)CC2)cc1C(=O)N[C@@H]1CCC[C@@H]1C(=O)N[C@@H](C)C(C)(C)C. The third-order valence-corrected chi connectivity index (χ3v) is 8.17. The largest absolute Gasteiger partial charge is 0.496 e. The number of hydrogen-bond donors (Lipinski definition) is 3. The van der Waals surface area contributed by atoms with Crippen LogP contribution in [0.3, 0.4) is 0 Å². The zero-order valence-corrected chi connectivity index (χ0v) is 22.8. The normalized spacial score (nSPS) is 26.7.